The predicted molar refractivity (Wildman–Crippen MR) is 87.4 cm³/mol. The predicted octanol–water partition coefficient (Wildman–Crippen LogP) is 3.27. The number of rotatable bonds is 3. The van der Waals surface area contributed by atoms with Gasteiger partial charge in [-0.2, -0.15) is 0 Å². The fourth-order valence-corrected chi connectivity index (χ4v) is 3.30. The highest BCUT2D eigenvalue weighted by molar-refractivity contribution is 14.1. The molecule has 0 unspecified atom stereocenters. The third kappa shape index (κ3) is 3.62. The summed E-state index contributed by atoms with van der Waals surface area (Å²) in [5, 5.41) is 0. The lowest BCUT2D eigenvalue weighted by molar-refractivity contribution is -0.131. The van der Waals surface area contributed by atoms with E-state index in [0.717, 1.165) is 35.2 Å². The molecule has 5 heteroatoms. The van der Waals surface area contributed by atoms with E-state index in [1.54, 1.807) is 6.07 Å². The number of carbonyl (C=O) groups excluding carboxylic acids is 1. The zero-order chi connectivity index (χ0) is 14.7. The van der Waals surface area contributed by atoms with Crippen molar-refractivity contribution < 1.29 is 9.18 Å². The van der Waals surface area contributed by atoms with Crippen LogP contribution in [0.1, 0.15) is 26.2 Å². The molecule has 1 aliphatic rings. The summed E-state index contributed by atoms with van der Waals surface area (Å²) in [6.07, 6.45) is 2.45. The molecule has 0 atom stereocenters. The molecule has 0 aromatic heterocycles. The third-order valence-electron chi connectivity index (χ3n) is 3.92. The Labute approximate surface area is 133 Å². The molecule has 1 saturated heterocycles. The number of hydrogen-bond acceptors (Lipinski definition) is 2. The van der Waals surface area contributed by atoms with Crippen LogP contribution in [0.15, 0.2) is 18.2 Å². The standard InChI is InChI=1S/C15H20FIN2O/c1-3-15(20)19-6-4-13(5-7-19)18(2)14-9-11(16)8-12(17)10-14/h8-10,13H,3-7H2,1-2H3. The lowest BCUT2D eigenvalue weighted by Gasteiger charge is -2.37. The van der Waals surface area contributed by atoms with Crippen molar-refractivity contribution in [1.29, 1.82) is 0 Å². The first-order valence-electron chi connectivity index (χ1n) is 6.98. The van der Waals surface area contributed by atoms with Gasteiger partial charge in [-0.05, 0) is 53.6 Å². The van der Waals surface area contributed by atoms with E-state index in [-0.39, 0.29) is 11.7 Å². The maximum atomic E-state index is 13.5. The highest BCUT2D eigenvalue weighted by Crippen LogP contribution is 2.25. The van der Waals surface area contributed by atoms with Gasteiger partial charge in [0.2, 0.25) is 5.91 Å². The second-order valence-electron chi connectivity index (χ2n) is 5.20. The molecule has 3 nitrogen and oxygen atoms in total. The van der Waals surface area contributed by atoms with Crippen LogP contribution < -0.4 is 4.90 Å². The molecule has 110 valence electrons. The molecule has 1 fully saturated rings. The zero-order valence-electron chi connectivity index (χ0n) is 11.9. The maximum Gasteiger partial charge on any atom is 0.222 e. The van der Waals surface area contributed by atoms with Crippen LogP contribution in [-0.2, 0) is 4.79 Å². The number of nitrogens with zero attached hydrogens (tertiary/aromatic N) is 2. The number of anilines is 1. The first-order valence-corrected chi connectivity index (χ1v) is 8.06. The normalized spacial score (nSPS) is 16.3. The molecule has 1 heterocycles. The average molecular weight is 390 g/mol. The van der Waals surface area contributed by atoms with Crippen LogP contribution in [0.5, 0.6) is 0 Å². The molecule has 1 aromatic carbocycles. The molecule has 0 N–H and O–H groups in total. The molecule has 0 radical (unpaired) electrons. The number of halogens is 2. The van der Waals surface area contributed by atoms with Gasteiger partial charge in [0.05, 0.1) is 0 Å². The molecular formula is C15H20FIN2O. The number of carbonyl (C=O) groups is 1. The molecule has 0 bridgehead atoms. The van der Waals surface area contributed by atoms with Crippen LogP contribution in [0.4, 0.5) is 10.1 Å². The van der Waals surface area contributed by atoms with Gasteiger partial charge in [-0.15, -0.1) is 0 Å². The van der Waals surface area contributed by atoms with Crippen LogP contribution in [0, 0.1) is 9.39 Å². The van der Waals surface area contributed by atoms with E-state index < -0.39 is 0 Å². The molecule has 0 spiro atoms. The van der Waals surface area contributed by atoms with Crippen molar-refractivity contribution in [2.24, 2.45) is 0 Å². The molecule has 0 aliphatic carbocycles. The van der Waals surface area contributed by atoms with Crippen LogP contribution in [0.25, 0.3) is 0 Å². The highest BCUT2D eigenvalue weighted by Gasteiger charge is 2.24. The van der Waals surface area contributed by atoms with E-state index in [4.69, 9.17) is 0 Å². The van der Waals surface area contributed by atoms with Gasteiger partial charge in [0, 0.05) is 41.9 Å². The van der Waals surface area contributed by atoms with Crippen molar-refractivity contribution >= 4 is 34.2 Å². The van der Waals surface area contributed by atoms with E-state index in [2.05, 4.69) is 27.5 Å². The summed E-state index contributed by atoms with van der Waals surface area (Å²) in [5.41, 5.74) is 0.912. The van der Waals surface area contributed by atoms with Gasteiger partial charge in [0.1, 0.15) is 5.82 Å². The number of benzene rings is 1. The first kappa shape index (κ1) is 15.5. The fraction of sp³-hybridized carbons (Fsp3) is 0.533. The molecule has 1 amide bonds. The molecule has 20 heavy (non-hydrogen) atoms. The van der Waals surface area contributed by atoms with Crippen molar-refractivity contribution in [3.8, 4) is 0 Å². The Morgan fingerprint density at radius 1 is 1.40 bits per heavy atom. The van der Waals surface area contributed by atoms with Gasteiger partial charge in [-0.25, -0.2) is 4.39 Å². The summed E-state index contributed by atoms with van der Waals surface area (Å²) in [4.78, 5) is 15.7. The van der Waals surface area contributed by atoms with Crippen molar-refractivity contribution in [3.05, 3.63) is 27.6 Å². The van der Waals surface area contributed by atoms with Crippen LogP contribution in [0.2, 0.25) is 0 Å². The Morgan fingerprint density at radius 3 is 2.60 bits per heavy atom. The lowest BCUT2D eigenvalue weighted by Crippen LogP contribution is -2.45. The Bertz CT molecular complexity index is 467. The largest absolute Gasteiger partial charge is 0.371 e. The Morgan fingerprint density at radius 2 is 2.05 bits per heavy atom. The zero-order valence-corrected chi connectivity index (χ0v) is 14.1. The van der Waals surface area contributed by atoms with Gasteiger partial charge in [-0.3, -0.25) is 4.79 Å². The quantitative estimate of drug-likeness (QED) is 0.740. The van der Waals surface area contributed by atoms with Crippen molar-refractivity contribution in [3.63, 3.8) is 0 Å². The Balaban J connectivity index is 2.01. The monoisotopic (exact) mass is 390 g/mol. The van der Waals surface area contributed by atoms with Crippen molar-refractivity contribution in [2.75, 3.05) is 25.0 Å². The molecular weight excluding hydrogens is 370 g/mol. The highest BCUT2D eigenvalue weighted by atomic mass is 127. The van der Waals surface area contributed by atoms with Gasteiger partial charge in [0.15, 0.2) is 0 Å². The minimum atomic E-state index is -0.197. The topological polar surface area (TPSA) is 23.6 Å². The molecule has 1 aliphatic heterocycles. The fourth-order valence-electron chi connectivity index (χ4n) is 2.68. The summed E-state index contributed by atoms with van der Waals surface area (Å²) in [6.45, 7) is 3.50. The summed E-state index contributed by atoms with van der Waals surface area (Å²) in [6, 6.07) is 5.47. The van der Waals surface area contributed by atoms with Crippen LogP contribution in [-0.4, -0.2) is 37.0 Å². The molecule has 2 rings (SSSR count). The molecule has 1 aromatic rings. The van der Waals surface area contributed by atoms with Crippen molar-refractivity contribution in [1.82, 2.24) is 4.90 Å². The van der Waals surface area contributed by atoms with Gasteiger partial charge in [0.25, 0.3) is 0 Å². The van der Waals surface area contributed by atoms with E-state index >= 15 is 0 Å². The van der Waals surface area contributed by atoms with E-state index in [9.17, 15) is 9.18 Å². The second-order valence-corrected chi connectivity index (χ2v) is 6.45. The Kier molecular flexibility index (Phi) is 5.23. The number of likely N-dealkylation sites (tertiary alicyclic amines) is 1. The number of hydrogen-bond donors (Lipinski definition) is 0. The van der Waals surface area contributed by atoms with Gasteiger partial charge < -0.3 is 9.80 Å². The maximum absolute atomic E-state index is 13.5. The molecule has 0 saturated carbocycles. The summed E-state index contributed by atoms with van der Waals surface area (Å²) in [5.74, 6) is 0.0313. The summed E-state index contributed by atoms with van der Waals surface area (Å²) < 4.78 is 14.4. The van der Waals surface area contributed by atoms with E-state index in [0.29, 0.717) is 12.5 Å². The minimum absolute atomic E-state index is 0.197. The number of amides is 1. The third-order valence-corrected chi connectivity index (χ3v) is 4.54. The van der Waals surface area contributed by atoms with Crippen molar-refractivity contribution in [2.45, 2.75) is 32.2 Å². The number of piperidine rings is 1. The van der Waals surface area contributed by atoms with Gasteiger partial charge >= 0.3 is 0 Å². The van der Waals surface area contributed by atoms with Crippen LogP contribution in [0.3, 0.4) is 0 Å². The van der Waals surface area contributed by atoms with Gasteiger partial charge in [-0.1, -0.05) is 6.92 Å². The second kappa shape index (κ2) is 6.74. The van der Waals surface area contributed by atoms with Crippen LogP contribution >= 0.6 is 22.6 Å². The minimum Gasteiger partial charge on any atom is -0.371 e. The van der Waals surface area contributed by atoms with E-state index in [1.165, 1.54) is 6.07 Å². The summed E-state index contributed by atoms with van der Waals surface area (Å²) in [7, 11) is 2.01. The SMILES string of the molecule is CCC(=O)N1CCC(N(C)c2cc(F)cc(I)c2)CC1. The average Bonchev–Trinajstić information content (AvgIpc) is 2.45. The Hall–Kier alpha value is -0.850. The van der Waals surface area contributed by atoms with E-state index in [1.807, 2.05) is 24.9 Å². The summed E-state index contributed by atoms with van der Waals surface area (Å²) >= 11 is 2.13. The first-order chi connectivity index (χ1) is 9.51. The smallest absolute Gasteiger partial charge is 0.222 e. The lowest BCUT2D eigenvalue weighted by atomic mass is 10.0.